The minimum absolute atomic E-state index is 0.0328. The molecule has 11 heteroatoms. The number of halogens is 4. The number of hydrogen-bond acceptors (Lipinski definition) is 3. The zero-order valence-electron chi connectivity index (χ0n) is 18.5. The van der Waals surface area contributed by atoms with Crippen molar-refractivity contribution in [2.75, 3.05) is 23.7 Å². The predicted octanol–water partition coefficient (Wildman–Crippen LogP) is 3.94. The fourth-order valence-electron chi connectivity index (χ4n) is 3.99. The van der Waals surface area contributed by atoms with Crippen LogP contribution in [0.5, 0.6) is 0 Å². The summed E-state index contributed by atoms with van der Waals surface area (Å²) >= 11 is 0. The smallest absolute Gasteiger partial charge is 0.353 e. The largest absolute Gasteiger partial charge is 0.389 e. The Balaban J connectivity index is 1.51. The lowest BCUT2D eigenvalue weighted by molar-refractivity contribution is -0.264. The third-order valence-corrected chi connectivity index (χ3v) is 5.81. The predicted molar refractivity (Wildman–Crippen MR) is 117 cm³/mol. The highest BCUT2D eigenvalue weighted by Crippen LogP contribution is 2.31. The second-order valence-corrected chi connectivity index (χ2v) is 8.40. The normalized spacial score (nSPS) is 15.9. The number of carbonyl (C=O) groups is 1. The van der Waals surface area contributed by atoms with E-state index in [4.69, 9.17) is 0 Å². The number of amides is 2. The first kappa shape index (κ1) is 23.4. The molecule has 34 heavy (non-hydrogen) atoms. The van der Waals surface area contributed by atoms with Crippen LogP contribution in [0.4, 0.5) is 39.4 Å². The van der Waals surface area contributed by atoms with Crippen LogP contribution in [0.25, 0.3) is 10.9 Å². The standard InChI is InChI=1S/C23H21F4N5O2/c1-13-3-4-15(29-22(34)32-8-7-14(11-32)10-23(25,26)27)9-18(13)30-17-6-5-16-19(20(17)24)21(33)31(2)12-28-16/h3-6,9,14,30H,7-8,10-11H2,1-2H3/p+1. The molecule has 2 aromatic carbocycles. The molecule has 178 valence electrons. The number of fused-ring (bicyclic) bond motifs is 1. The lowest BCUT2D eigenvalue weighted by Gasteiger charge is -2.19. The van der Waals surface area contributed by atoms with Crippen LogP contribution in [-0.4, -0.2) is 34.8 Å². The SMILES string of the molecule is Cc1ccc(NC(=O)N2CCC(CC(F)(F)F)C2)cc1Nc1ccc2[n+]#cn(C)c(=O)c2c1F. The Morgan fingerprint density at radius 2 is 2.00 bits per heavy atom. The summed E-state index contributed by atoms with van der Waals surface area (Å²) in [5.41, 5.74) is 1.29. The maximum atomic E-state index is 15.1. The number of alkyl halides is 3. The number of aryl methyl sites for hydroxylation is 1. The van der Waals surface area contributed by atoms with Gasteiger partial charge in [0.2, 0.25) is 0 Å². The van der Waals surface area contributed by atoms with Crippen molar-refractivity contribution in [1.82, 2.24) is 9.47 Å². The summed E-state index contributed by atoms with van der Waals surface area (Å²) in [6.07, 6.45) is -2.40. The molecule has 0 bridgehead atoms. The maximum absolute atomic E-state index is 15.1. The number of carbonyl (C=O) groups excluding carboxylic acids is 1. The Morgan fingerprint density at radius 1 is 1.24 bits per heavy atom. The Bertz CT molecular complexity index is 1300. The van der Waals surface area contributed by atoms with Gasteiger partial charge in [0.1, 0.15) is 0 Å². The number of rotatable bonds is 4. The fourth-order valence-corrected chi connectivity index (χ4v) is 3.99. The quantitative estimate of drug-likeness (QED) is 0.559. The molecule has 1 unspecified atom stereocenters. The molecule has 1 fully saturated rings. The first-order chi connectivity index (χ1) is 16.0. The molecule has 2 heterocycles. The van der Waals surface area contributed by atoms with E-state index >= 15 is 4.39 Å². The van der Waals surface area contributed by atoms with Crippen LogP contribution in [0.15, 0.2) is 35.1 Å². The van der Waals surface area contributed by atoms with Gasteiger partial charge in [-0.3, -0.25) is 0 Å². The van der Waals surface area contributed by atoms with Gasteiger partial charge in [0.25, 0.3) is 5.52 Å². The summed E-state index contributed by atoms with van der Waals surface area (Å²) in [6.45, 7) is 2.06. The molecule has 0 radical (unpaired) electrons. The molecule has 1 saturated heterocycles. The van der Waals surface area contributed by atoms with E-state index in [1.807, 2.05) is 0 Å². The Labute approximate surface area is 192 Å². The minimum Gasteiger partial charge on any atom is -0.353 e. The first-order valence-corrected chi connectivity index (χ1v) is 10.6. The van der Waals surface area contributed by atoms with Crippen LogP contribution in [0.1, 0.15) is 18.4 Å². The van der Waals surface area contributed by atoms with Crippen molar-refractivity contribution < 1.29 is 27.3 Å². The highest BCUT2D eigenvalue weighted by molar-refractivity contribution is 5.90. The first-order valence-electron chi connectivity index (χ1n) is 10.6. The van der Waals surface area contributed by atoms with Crippen LogP contribution in [0, 0.1) is 25.0 Å². The number of nitrogens with one attached hydrogen (secondary N) is 2. The van der Waals surface area contributed by atoms with Gasteiger partial charge in [-0.05, 0) is 43.0 Å². The van der Waals surface area contributed by atoms with Crippen LogP contribution in [0.3, 0.4) is 0 Å². The van der Waals surface area contributed by atoms with Crippen LogP contribution in [0.2, 0.25) is 0 Å². The van der Waals surface area contributed by atoms with Crippen LogP contribution < -0.4 is 21.2 Å². The third-order valence-electron chi connectivity index (χ3n) is 5.81. The average molecular weight is 476 g/mol. The molecule has 1 atom stereocenters. The van der Waals surface area contributed by atoms with Gasteiger partial charge >= 0.3 is 24.1 Å². The van der Waals surface area contributed by atoms with Crippen molar-refractivity contribution in [1.29, 1.82) is 0 Å². The van der Waals surface area contributed by atoms with Gasteiger partial charge in [-0.25, -0.2) is 14.0 Å². The lowest BCUT2D eigenvalue weighted by Crippen LogP contribution is -2.33. The Morgan fingerprint density at radius 3 is 2.74 bits per heavy atom. The number of benzene rings is 2. The number of anilines is 3. The molecule has 0 saturated carbocycles. The van der Waals surface area contributed by atoms with Gasteiger partial charge in [-0.1, -0.05) is 6.07 Å². The molecule has 0 aliphatic carbocycles. The van der Waals surface area contributed by atoms with Gasteiger partial charge in [-0.2, -0.15) is 18.2 Å². The van der Waals surface area contributed by atoms with E-state index < -0.39 is 35.9 Å². The van der Waals surface area contributed by atoms with Gasteiger partial charge in [0.05, 0.1) is 12.7 Å². The number of hydrogen-bond donors (Lipinski definition) is 2. The summed E-state index contributed by atoms with van der Waals surface area (Å²) in [5.74, 6) is -1.38. The molecule has 0 spiro atoms. The second-order valence-electron chi connectivity index (χ2n) is 8.40. The molecule has 2 N–H and O–H groups in total. The van der Waals surface area contributed by atoms with Gasteiger partial charge < -0.3 is 15.5 Å². The average Bonchev–Trinajstić information content (AvgIpc) is 3.21. The van der Waals surface area contributed by atoms with E-state index in [-0.39, 0.29) is 29.7 Å². The highest BCUT2D eigenvalue weighted by Gasteiger charge is 2.36. The summed E-state index contributed by atoms with van der Waals surface area (Å²) < 4.78 is 54.0. The van der Waals surface area contributed by atoms with Crippen molar-refractivity contribution in [2.45, 2.75) is 25.9 Å². The zero-order valence-corrected chi connectivity index (χ0v) is 18.5. The molecule has 1 aromatic heterocycles. The molecule has 1 aliphatic rings. The number of urea groups is 1. The molecule has 2 amide bonds. The van der Waals surface area contributed by atoms with E-state index in [1.165, 1.54) is 24.1 Å². The molecule has 3 aromatic rings. The van der Waals surface area contributed by atoms with Crippen LogP contribution >= 0.6 is 0 Å². The van der Waals surface area contributed by atoms with Crippen LogP contribution in [-0.2, 0) is 7.05 Å². The van der Waals surface area contributed by atoms with E-state index in [0.717, 1.165) is 10.1 Å². The van der Waals surface area contributed by atoms with E-state index in [1.54, 1.807) is 25.1 Å². The molecule has 7 nitrogen and oxygen atoms in total. The molecular formula is C23H22F4N5O2+. The number of aromatic nitrogens is 2. The molecule has 4 rings (SSSR count). The van der Waals surface area contributed by atoms with E-state index in [2.05, 4.69) is 21.9 Å². The fraction of sp³-hybridized carbons (Fsp3) is 0.348. The lowest BCUT2D eigenvalue weighted by atomic mass is 10.1. The number of likely N-dealkylation sites (tertiary alicyclic amines) is 1. The topological polar surface area (TPSA) is 80.5 Å². The second kappa shape index (κ2) is 8.85. The van der Waals surface area contributed by atoms with Gasteiger partial charge in [0.15, 0.2) is 11.2 Å². The molecule has 1 aliphatic heterocycles. The maximum Gasteiger partial charge on any atom is 0.389 e. The van der Waals surface area contributed by atoms with Gasteiger partial charge in [0, 0.05) is 37.0 Å². The minimum atomic E-state index is -4.26. The highest BCUT2D eigenvalue weighted by atomic mass is 19.4. The van der Waals surface area contributed by atoms with Crippen molar-refractivity contribution in [3.05, 3.63) is 58.4 Å². The van der Waals surface area contributed by atoms with Crippen molar-refractivity contribution >= 4 is 34.0 Å². The van der Waals surface area contributed by atoms with Crippen molar-refractivity contribution in [3.63, 3.8) is 0 Å². The van der Waals surface area contributed by atoms with Crippen molar-refractivity contribution in [2.24, 2.45) is 13.0 Å². The Hall–Kier alpha value is -3.81. The zero-order chi connectivity index (χ0) is 24.6. The summed E-state index contributed by atoms with van der Waals surface area (Å²) in [6, 6.07) is 7.41. The molecular weight excluding hydrogens is 454 g/mol. The van der Waals surface area contributed by atoms with E-state index in [0.29, 0.717) is 17.8 Å². The monoisotopic (exact) mass is 476 g/mol. The van der Waals surface area contributed by atoms with Crippen molar-refractivity contribution in [3.8, 4) is 0 Å². The summed E-state index contributed by atoms with van der Waals surface area (Å²) in [5, 5.41) is 5.46. The van der Waals surface area contributed by atoms with E-state index in [9.17, 15) is 22.8 Å². The summed E-state index contributed by atoms with van der Waals surface area (Å²) in [7, 11) is 1.43. The third kappa shape index (κ3) is 4.90. The Kier molecular flexibility index (Phi) is 6.08. The summed E-state index contributed by atoms with van der Waals surface area (Å²) in [4.78, 5) is 30.2. The van der Waals surface area contributed by atoms with Gasteiger partial charge in [-0.15, -0.1) is 4.57 Å². The number of nitrogens with zero attached hydrogens (tertiary/aromatic N) is 3.